The smallest absolute Gasteiger partial charge is 0.427 e. The molecule has 0 fully saturated rings. The Morgan fingerprint density at radius 1 is 1.26 bits per heavy atom. The average Bonchev–Trinajstić information content (AvgIpc) is 2.35. The fourth-order valence-electron chi connectivity index (χ4n) is 2.37. The highest BCUT2D eigenvalue weighted by Gasteiger charge is 2.38. The lowest BCUT2D eigenvalue weighted by Crippen LogP contribution is -2.40. The number of hydrogen-bond acceptors (Lipinski definition) is 5. The minimum absolute atomic E-state index is 0.0604. The van der Waals surface area contributed by atoms with Crippen LogP contribution in [0.25, 0.3) is 0 Å². The third kappa shape index (κ3) is 4.51. The lowest BCUT2D eigenvalue weighted by Gasteiger charge is -2.28. The number of nitrogens with one attached hydrogen (secondary N) is 1. The first-order valence-electron chi connectivity index (χ1n) is 6.59. The summed E-state index contributed by atoms with van der Waals surface area (Å²) in [6.45, 7) is 0. The topological polar surface area (TPSA) is 147 Å². The number of carbonyl (C=O) groups excluding carboxylic acids is 1. The second-order valence-electron chi connectivity index (χ2n) is 5.14. The van der Waals surface area contributed by atoms with Crippen LogP contribution in [0.15, 0.2) is 47.7 Å². The van der Waals surface area contributed by atoms with Crippen LogP contribution in [0.3, 0.4) is 0 Å². The summed E-state index contributed by atoms with van der Waals surface area (Å²) in [7, 11) is -4.71. The maximum atomic E-state index is 12.0. The van der Waals surface area contributed by atoms with Crippen LogP contribution in [0.1, 0.15) is 12.0 Å². The van der Waals surface area contributed by atoms with E-state index in [2.05, 4.69) is 0 Å². The summed E-state index contributed by atoms with van der Waals surface area (Å²) in [4.78, 5) is 30.0. The third-order valence-electron chi connectivity index (χ3n) is 3.18. The highest BCUT2D eigenvalue weighted by atomic mass is 31.2. The average molecular weight is 341 g/mol. The van der Waals surface area contributed by atoms with Crippen LogP contribution in [0.2, 0.25) is 0 Å². The van der Waals surface area contributed by atoms with Crippen LogP contribution in [0.5, 0.6) is 5.75 Å². The fraction of sp³-hybridized carbons (Fsp3) is 0.214. The van der Waals surface area contributed by atoms with Crippen LogP contribution in [-0.2, 0) is 15.8 Å². The lowest BCUT2D eigenvalue weighted by molar-refractivity contribution is -0.139. The Bertz CT molecular complexity index is 732. The normalized spacial score (nSPS) is 15.9. The van der Waals surface area contributed by atoms with E-state index >= 15 is 0 Å². The molecule has 0 radical (unpaired) electrons. The summed E-state index contributed by atoms with van der Waals surface area (Å²) < 4.78 is 11.1. The molecule has 1 aromatic carbocycles. The summed E-state index contributed by atoms with van der Waals surface area (Å²) >= 11 is 0. The van der Waals surface area contributed by atoms with E-state index in [1.807, 2.05) is 5.09 Å². The van der Waals surface area contributed by atoms with Crippen molar-refractivity contribution in [1.82, 2.24) is 5.09 Å². The van der Waals surface area contributed by atoms with E-state index in [0.29, 0.717) is 5.56 Å². The minimum atomic E-state index is -4.71. The monoisotopic (exact) mass is 341 g/mol. The van der Waals surface area contributed by atoms with E-state index in [1.165, 1.54) is 30.3 Å². The van der Waals surface area contributed by atoms with Gasteiger partial charge in [0.25, 0.3) is 0 Å². The van der Waals surface area contributed by atoms with Gasteiger partial charge in [-0.15, -0.1) is 0 Å². The number of carbonyl (C=O) groups is 1. The molecule has 8 nitrogen and oxygen atoms in total. The van der Waals surface area contributed by atoms with Gasteiger partial charge in [-0.2, -0.15) is 0 Å². The van der Waals surface area contributed by atoms with Crippen molar-refractivity contribution in [3.8, 4) is 5.75 Å². The van der Waals surface area contributed by atoms with E-state index in [1.54, 1.807) is 0 Å². The van der Waals surface area contributed by atoms with Gasteiger partial charge >= 0.3 is 7.75 Å². The van der Waals surface area contributed by atoms with Crippen molar-refractivity contribution in [2.75, 3.05) is 0 Å². The van der Waals surface area contributed by atoms with Crippen molar-refractivity contribution >= 4 is 13.5 Å². The van der Waals surface area contributed by atoms with Crippen molar-refractivity contribution < 1.29 is 34.5 Å². The number of ketones is 1. The van der Waals surface area contributed by atoms with Crippen molar-refractivity contribution in [2.45, 2.75) is 18.6 Å². The fourth-order valence-corrected chi connectivity index (χ4v) is 2.93. The first-order valence-corrected chi connectivity index (χ1v) is 8.21. The van der Waals surface area contributed by atoms with Gasteiger partial charge in [0.15, 0.2) is 11.6 Å². The number of hydrogen-bond donors (Lipinski definition) is 6. The third-order valence-corrected chi connectivity index (χ3v) is 3.74. The molecule has 1 aliphatic carbocycles. The summed E-state index contributed by atoms with van der Waals surface area (Å²) in [5.74, 6) is -3.51. The van der Waals surface area contributed by atoms with Gasteiger partial charge in [0.2, 0.25) is 0 Å². The number of aromatic hydroxyl groups is 1. The zero-order valence-electron chi connectivity index (χ0n) is 11.9. The van der Waals surface area contributed by atoms with E-state index in [4.69, 9.17) is 9.79 Å². The molecule has 6 N–H and O–H groups in total. The quantitative estimate of drug-likeness (QED) is 0.326. The van der Waals surface area contributed by atoms with Gasteiger partial charge in [0.1, 0.15) is 5.75 Å². The molecular weight excluding hydrogens is 325 g/mol. The molecule has 0 spiro atoms. The highest BCUT2D eigenvalue weighted by Crippen LogP contribution is 2.36. The predicted octanol–water partition coefficient (Wildman–Crippen LogP) is 0.0810. The Morgan fingerprint density at radius 2 is 1.96 bits per heavy atom. The number of aliphatic hydroxyl groups is 2. The largest absolute Gasteiger partial charge is 0.508 e. The molecule has 2 rings (SSSR count). The van der Waals surface area contributed by atoms with Crippen LogP contribution < -0.4 is 5.09 Å². The van der Waals surface area contributed by atoms with Gasteiger partial charge in [-0.3, -0.25) is 9.88 Å². The Kier molecular flexibility index (Phi) is 4.74. The SMILES string of the molecule is O=C1C=CCC(NP(=O)(O)O)=C1C(O)(O)Cc1cccc(O)c1. The number of phenolic OH excluding ortho intramolecular Hbond substituents is 1. The summed E-state index contributed by atoms with van der Waals surface area (Å²) in [5.41, 5.74) is -0.456. The Labute approximate surface area is 131 Å². The van der Waals surface area contributed by atoms with E-state index in [9.17, 15) is 24.7 Å². The molecule has 0 heterocycles. The number of rotatable bonds is 5. The number of phenols is 1. The summed E-state index contributed by atoms with van der Waals surface area (Å²) in [6.07, 6.45) is 1.95. The summed E-state index contributed by atoms with van der Waals surface area (Å²) in [5, 5.41) is 31.8. The van der Waals surface area contributed by atoms with Gasteiger partial charge < -0.3 is 25.1 Å². The maximum absolute atomic E-state index is 12.0. The first kappa shape index (κ1) is 17.4. The van der Waals surface area contributed by atoms with Gasteiger partial charge in [-0.25, -0.2) is 4.57 Å². The first-order chi connectivity index (χ1) is 10.6. The zero-order chi connectivity index (χ0) is 17.3. The molecule has 124 valence electrons. The van der Waals surface area contributed by atoms with Crippen molar-refractivity contribution in [2.24, 2.45) is 0 Å². The highest BCUT2D eigenvalue weighted by molar-refractivity contribution is 7.49. The Hall–Kier alpha value is -1.96. The van der Waals surface area contributed by atoms with Crippen LogP contribution in [-0.4, -0.2) is 36.7 Å². The molecule has 0 saturated carbocycles. The van der Waals surface area contributed by atoms with Crippen molar-refractivity contribution in [3.05, 3.63) is 53.3 Å². The molecule has 23 heavy (non-hydrogen) atoms. The molecule has 1 aromatic rings. The molecule has 0 aliphatic heterocycles. The summed E-state index contributed by atoms with van der Waals surface area (Å²) in [6, 6.07) is 5.70. The van der Waals surface area contributed by atoms with E-state index < -0.39 is 31.3 Å². The maximum Gasteiger partial charge on any atom is 0.427 e. The predicted molar refractivity (Wildman–Crippen MR) is 79.9 cm³/mol. The molecule has 9 heteroatoms. The zero-order valence-corrected chi connectivity index (χ0v) is 12.8. The second-order valence-corrected chi connectivity index (χ2v) is 6.46. The molecule has 0 unspecified atom stereocenters. The van der Waals surface area contributed by atoms with Crippen molar-refractivity contribution in [1.29, 1.82) is 0 Å². The molecule has 0 amide bonds. The second kappa shape index (κ2) is 6.27. The van der Waals surface area contributed by atoms with Gasteiger partial charge in [-0.05, 0) is 23.8 Å². The van der Waals surface area contributed by atoms with Crippen molar-refractivity contribution in [3.63, 3.8) is 0 Å². The van der Waals surface area contributed by atoms with E-state index in [0.717, 1.165) is 6.08 Å². The molecule has 1 aliphatic rings. The van der Waals surface area contributed by atoms with Gasteiger partial charge in [0, 0.05) is 18.5 Å². The molecule has 0 atom stereocenters. The minimum Gasteiger partial charge on any atom is -0.508 e. The standard InChI is InChI=1S/C14H16NO7P/c16-10-4-1-3-9(7-10)8-14(18,19)13-11(15-23(20,21)22)5-2-6-12(13)17/h1-4,6-7,16,18-19H,5,8H2,(H3,15,20,21,22). The molecule has 0 aromatic heterocycles. The Balaban J connectivity index is 2.40. The van der Waals surface area contributed by atoms with Gasteiger partial charge in [0.05, 0.1) is 5.57 Å². The van der Waals surface area contributed by atoms with Crippen LogP contribution >= 0.6 is 7.75 Å². The van der Waals surface area contributed by atoms with Crippen LogP contribution in [0, 0.1) is 0 Å². The molecule has 0 bridgehead atoms. The molecule has 0 saturated heterocycles. The number of allylic oxidation sites excluding steroid dienone is 2. The molecular formula is C14H16NO7P. The van der Waals surface area contributed by atoms with Gasteiger partial charge in [-0.1, -0.05) is 18.2 Å². The lowest BCUT2D eigenvalue weighted by atomic mass is 9.89. The Morgan fingerprint density at radius 3 is 2.57 bits per heavy atom. The van der Waals surface area contributed by atoms with Crippen LogP contribution in [0.4, 0.5) is 0 Å². The van der Waals surface area contributed by atoms with E-state index in [-0.39, 0.29) is 17.9 Å². The number of benzene rings is 1.